The smallest absolute Gasteiger partial charge is 0.475 e. The topological polar surface area (TPSA) is 112 Å². The van der Waals surface area contributed by atoms with Gasteiger partial charge in [0.2, 0.25) is 0 Å². The quantitative estimate of drug-likeness (QED) is 0.450. The normalized spacial score (nSPS) is 14.1. The van der Waals surface area contributed by atoms with E-state index in [1.807, 2.05) is 25.1 Å². The van der Waals surface area contributed by atoms with E-state index in [1.54, 1.807) is 12.4 Å². The number of carboxylic acid groups (broad SMARTS) is 1. The van der Waals surface area contributed by atoms with Gasteiger partial charge >= 0.3 is 12.1 Å². The lowest BCUT2D eigenvalue weighted by molar-refractivity contribution is -0.192. The summed E-state index contributed by atoms with van der Waals surface area (Å²) in [6, 6.07) is 5.69. The van der Waals surface area contributed by atoms with E-state index in [1.165, 1.54) is 37.5 Å². The third-order valence-electron chi connectivity index (χ3n) is 5.57. The number of likely N-dealkylation sites (tertiary alicyclic amines) is 1. The van der Waals surface area contributed by atoms with E-state index in [0.29, 0.717) is 16.1 Å². The Labute approximate surface area is 209 Å². The largest absolute Gasteiger partial charge is 0.490 e. The number of fused-ring (bicyclic) bond motifs is 1. The Morgan fingerprint density at radius 2 is 1.78 bits per heavy atom. The lowest BCUT2D eigenvalue weighted by Gasteiger charge is -2.25. The molecule has 0 spiro atoms. The van der Waals surface area contributed by atoms with Crippen LogP contribution in [0.2, 0.25) is 0 Å². The Morgan fingerprint density at radius 1 is 1.11 bits per heavy atom. The first kappa shape index (κ1) is 27.2. The van der Waals surface area contributed by atoms with E-state index in [2.05, 4.69) is 20.2 Å². The molecule has 4 heterocycles. The number of hydrogen-bond acceptors (Lipinski definition) is 7. The van der Waals surface area contributed by atoms with Crippen LogP contribution in [0.4, 0.5) is 18.9 Å². The van der Waals surface area contributed by atoms with Crippen LogP contribution in [0, 0.1) is 6.92 Å². The van der Waals surface area contributed by atoms with Gasteiger partial charge in [-0.25, -0.2) is 9.78 Å². The molecule has 0 saturated carbocycles. The predicted octanol–water partition coefficient (Wildman–Crippen LogP) is 5.07. The number of Topliss-reactive ketones (excluding diaryl/α,β-unsaturated/α-hetero) is 1. The van der Waals surface area contributed by atoms with Crippen molar-refractivity contribution in [2.45, 2.75) is 45.8 Å². The summed E-state index contributed by atoms with van der Waals surface area (Å²) in [5, 5.41) is 10.9. The van der Waals surface area contributed by atoms with Crippen molar-refractivity contribution in [1.82, 2.24) is 14.9 Å². The van der Waals surface area contributed by atoms with Gasteiger partial charge in [-0.1, -0.05) is 6.42 Å². The van der Waals surface area contributed by atoms with Gasteiger partial charge < -0.3 is 10.4 Å². The van der Waals surface area contributed by atoms with Crippen LogP contribution in [0.15, 0.2) is 30.6 Å². The molecule has 1 aliphatic rings. The third-order valence-corrected chi connectivity index (χ3v) is 6.78. The van der Waals surface area contributed by atoms with Crippen LogP contribution in [0.1, 0.15) is 57.5 Å². The maximum atomic E-state index is 12.8. The molecular formula is C24H25F3N4O4S. The van der Waals surface area contributed by atoms with Crippen molar-refractivity contribution in [2.24, 2.45) is 0 Å². The van der Waals surface area contributed by atoms with Crippen molar-refractivity contribution >= 4 is 44.9 Å². The molecule has 2 N–H and O–H groups in total. The standard InChI is InChI=1S/C22H24N4O2S.C2HF3O2/c1-14-19-10-16(15(2)27)11-24-22(19)29-20(14)21(28)25-17-6-7-18(23-12-17)13-26-8-4-3-5-9-26;3-2(4,5)1(6)7/h6-7,10-12H,3-5,8-9,13H2,1-2H3,(H,25,28);(H,6,7). The number of nitrogens with zero attached hydrogens (tertiary/aromatic N) is 3. The van der Waals surface area contributed by atoms with Gasteiger partial charge in [0, 0.05) is 23.7 Å². The van der Waals surface area contributed by atoms with Gasteiger partial charge in [-0.2, -0.15) is 13.2 Å². The van der Waals surface area contributed by atoms with E-state index < -0.39 is 12.1 Å². The Kier molecular flexibility index (Phi) is 8.75. The lowest BCUT2D eigenvalue weighted by atomic mass is 10.1. The van der Waals surface area contributed by atoms with Gasteiger partial charge in [-0.15, -0.1) is 11.3 Å². The molecule has 0 aliphatic carbocycles. The highest BCUT2D eigenvalue weighted by Crippen LogP contribution is 2.30. The number of carboxylic acids is 1. The minimum Gasteiger partial charge on any atom is -0.475 e. The summed E-state index contributed by atoms with van der Waals surface area (Å²) in [7, 11) is 0. The number of piperidine rings is 1. The number of alkyl halides is 3. The number of hydrogen-bond donors (Lipinski definition) is 2. The third kappa shape index (κ3) is 7.08. The number of aryl methyl sites for hydroxylation is 1. The molecule has 0 bridgehead atoms. The summed E-state index contributed by atoms with van der Waals surface area (Å²) in [5.41, 5.74) is 3.09. The molecule has 0 atom stereocenters. The number of ketones is 1. The number of aliphatic carboxylic acids is 1. The molecule has 1 saturated heterocycles. The Bertz CT molecular complexity index is 1250. The molecule has 36 heavy (non-hydrogen) atoms. The van der Waals surface area contributed by atoms with Gasteiger partial charge in [0.15, 0.2) is 5.78 Å². The molecule has 3 aromatic heterocycles. The number of halogens is 3. The number of aromatic nitrogens is 2. The molecule has 4 rings (SSSR count). The second kappa shape index (κ2) is 11.6. The second-order valence-corrected chi connectivity index (χ2v) is 9.32. The van der Waals surface area contributed by atoms with Crippen LogP contribution < -0.4 is 5.32 Å². The molecular weight excluding hydrogens is 497 g/mol. The summed E-state index contributed by atoms with van der Waals surface area (Å²) in [4.78, 5) is 45.9. The lowest BCUT2D eigenvalue weighted by Crippen LogP contribution is -2.29. The van der Waals surface area contributed by atoms with Crippen LogP contribution in [-0.2, 0) is 11.3 Å². The summed E-state index contributed by atoms with van der Waals surface area (Å²) in [5.74, 6) is -2.97. The zero-order valence-corrected chi connectivity index (χ0v) is 20.5. The Morgan fingerprint density at radius 3 is 2.33 bits per heavy atom. The number of rotatable bonds is 5. The van der Waals surface area contributed by atoms with Gasteiger partial charge in [0.05, 0.1) is 22.5 Å². The fourth-order valence-corrected chi connectivity index (χ4v) is 4.66. The number of amides is 1. The highest BCUT2D eigenvalue weighted by Gasteiger charge is 2.38. The molecule has 1 fully saturated rings. The van der Waals surface area contributed by atoms with Crippen molar-refractivity contribution in [3.8, 4) is 0 Å². The van der Waals surface area contributed by atoms with Crippen LogP contribution in [-0.4, -0.2) is 56.9 Å². The summed E-state index contributed by atoms with van der Waals surface area (Å²) in [6.07, 6.45) is 2.02. The van der Waals surface area contributed by atoms with E-state index >= 15 is 0 Å². The Hall–Kier alpha value is -3.38. The molecule has 0 unspecified atom stereocenters. The van der Waals surface area contributed by atoms with Crippen molar-refractivity contribution < 1.29 is 32.7 Å². The first-order valence-electron chi connectivity index (χ1n) is 11.1. The van der Waals surface area contributed by atoms with Crippen LogP contribution >= 0.6 is 11.3 Å². The minimum absolute atomic E-state index is 0.0354. The summed E-state index contributed by atoms with van der Waals surface area (Å²) < 4.78 is 31.7. The monoisotopic (exact) mass is 522 g/mol. The number of nitrogens with one attached hydrogen (secondary N) is 1. The zero-order chi connectivity index (χ0) is 26.5. The van der Waals surface area contributed by atoms with Crippen LogP contribution in [0.25, 0.3) is 10.2 Å². The molecule has 8 nitrogen and oxygen atoms in total. The van der Waals surface area contributed by atoms with Crippen molar-refractivity contribution in [3.63, 3.8) is 0 Å². The van der Waals surface area contributed by atoms with Crippen molar-refractivity contribution in [1.29, 1.82) is 0 Å². The van der Waals surface area contributed by atoms with Crippen LogP contribution in [0.5, 0.6) is 0 Å². The molecule has 0 aromatic carbocycles. The molecule has 3 aromatic rings. The highest BCUT2D eigenvalue weighted by molar-refractivity contribution is 7.20. The first-order chi connectivity index (χ1) is 17.0. The number of carbonyl (C=O) groups excluding carboxylic acids is 2. The maximum Gasteiger partial charge on any atom is 0.490 e. The van der Waals surface area contributed by atoms with Crippen molar-refractivity contribution in [3.05, 3.63) is 52.3 Å². The fourth-order valence-electron chi connectivity index (χ4n) is 3.63. The van der Waals surface area contributed by atoms with Gasteiger partial charge in [0.25, 0.3) is 5.91 Å². The fraction of sp³-hybridized carbons (Fsp3) is 0.375. The Balaban J connectivity index is 0.000000454. The molecule has 1 aliphatic heterocycles. The van der Waals surface area contributed by atoms with Crippen LogP contribution in [0.3, 0.4) is 0 Å². The van der Waals surface area contributed by atoms with E-state index in [-0.39, 0.29) is 11.7 Å². The molecule has 1 amide bonds. The van der Waals surface area contributed by atoms with E-state index in [0.717, 1.165) is 41.1 Å². The number of thiophene rings is 1. The molecule has 192 valence electrons. The maximum absolute atomic E-state index is 12.8. The second-order valence-electron chi connectivity index (χ2n) is 8.32. The number of carbonyl (C=O) groups is 3. The zero-order valence-electron chi connectivity index (χ0n) is 19.7. The minimum atomic E-state index is -5.08. The van der Waals surface area contributed by atoms with Gasteiger partial charge in [0.1, 0.15) is 4.83 Å². The summed E-state index contributed by atoms with van der Waals surface area (Å²) >= 11 is 1.34. The van der Waals surface area contributed by atoms with Crippen molar-refractivity contribution in [2.75, 3.05) is 18.4 Å². The number of anilines is 1. The number of pyridine rings is 2. The first-order valence-corrected chi connectivity index (χ1v) is 12.0. The predicted molar refractivity (Wildman–Crippen MR) is 129 cm³/mol. The highest BCUT2D eigenvalue weighted by atomic mass is 32.1. The average molecular weight is 523 g/mol. The van der Waals surface area contributed by atoms with E-state index in [9.17, 15) is 22.8 Å². The van der Waals surface area contributed by atoms with Gasteiger partial charge in [-0.3, -0.25) is 19.5 Å². The van der Waals surface area contributed by atoms with E-state index in [4.69, 9.17) is 9.90 Å². The average Bonchev–Trinajstić information content (AvgIpc) is 3.17. The SMILES string of the molecule is CC(=O)c1cnc2sc(C(=O)Nc3ccc(CN4CCCCC4)nc3)c(C)c2c1.O=C(O)C(F)(F)F. The van der Waals surface area contributed by atoms with Gasteiger partial charge in [-0.05, 0) is 63.5 Å². The molecule has 0 radical (unpaired) electrons. The molecule has 12 heteroatoms. The summed E-state index contributed by atoms with van der Waals surface area (Å²) in [6.45, 7) is 6.52.